The van der Waals surface area contributed by atoms with Gasteiger partial charge in [0.2, 0.25) is 0 Å². The average Bonchev–Trinajstić information content (AvgIpc) is 2.74. The molecule has 0 aromatic carbocycles. The van der Waals surface area contributed by atoms with Crippen molar-refractivity contribution in [2.45, 2.75) is 45.6 Å². The minimum atomic E-state index is 0.810. The van der Waals surface area contributed by atoms with Crippen LogP contribution < -0.4 is 0 Å². The predicted octanol–water partition coefficient (Wildman–Crippen LogP) is 2.75. The summed E-state index contributed by atoms with van der Waals surface area (Å²) in [5.74, 6) is 1.85. The van der Waals surface area contributed by atoms with E-state index in [1.165, 1.54) is 51.9 Å². The maximum absolute atomic E-state index is 4.30. The van der Waals surface area contributed by atoms with Crippen LogP contribution in [0, 0.1) is 5.92 Å². The van der Waals surface area contributed by atoms with E-state index in [1.54, 1.807) is 0 Å². The Balaban J connectivity index is 2.17. The topological polar surface area (TPSA) is 6.48 Å². The van der Waals surface area contributed by atoms with Gasteiger partial charge < -0.3 is 4.90 Å². The second kappa shape index (κ2) is 8.39. The number of hydrogen-bond donors (Lipinski definition) is 1. The molecule has 1 saturated heterocycles. The molecule has 0 aliphatic carbocycles. The van der Waals surface area contributed by atoms with Gasteiger partial charge in [0.1, 0.15) is 0 Å². The highest BCUT2D eigenvalue weighted by Gasteiger charge is 2.23. The highest BCUT2D eigenvalue weighted by atomic mass is 32.1. The second-order valence-electron chi connectivity index (χ2n) is 5.59. The Kier molecular flexibility index (Phi) is 7.56. The van der Waals surface area contributed by atoms with Crippen molar-refractivity contribution in [2.75, 3.05) is 39.0 Å². The standard InChI is InChI=1S/C14H30N2S/c1-4-16-9-5-6-14(16)12-15(3)10-7-13(2)8-11-17/h13-14,17H,4-12H2,1-3H3. The summed E-state index contributed by atoms with van der Waals surface area (Å²) in [6.07, 6.45) is 5.35. The van der Waals surface area contributed by atoms with Crippen molar-refractivity contribution >= 4 is 12.6 Å². The predicted molar refractivity (Wildman–Crippen MR) is 80.0 cm³/mol. The molecule has 0 spiro atoms. The molecule has 2 nitrogen and oxygen atoms in total. The largest absolute Gasteiger partial charge is 0.305 e. The van der Waals surface area contributed by atoms with E-state index in [1.807, 2.05) is 0 Å². The van der Waals surface area contributed by atoms with E-state index in [9.17, 15) is 0 Å². The summed E-state index contributed by atoms with van der Waals surface area (Å²) in [6.45, 7) is 9.65. The lowest BCUT2D eigenvalue weighted by atomic mass is 10.0. The van der Waals surface area contributed by atoms with Gasteiger partial charge in [-0.2, -0.15) is 12.6 Å². The van der Waals surface area contributed by atoms with Crippen molar-refractivity contribution in [3.05, 3.63) is 0 Å². The first-order valence-corrected chi connectivity index (χ1v) is 7.84. The minimum Gasteiger partial charge on any atom is -0.305 e. The molecule has 0 radical (unpaired) electrons. The van der Waals surface area contributed by atoms with E-state index >= 15 is 0 Å². The van der Waals surface area contributed by atoms with Crippen LogP contribution >= 0.6 is 12.6 Å². The molecule has 0 saturated carbocycles. The Bertz CT molecular complexity index is 199. The maximum Gasteiger partial charge on any atom is 0.0223 e. The van der Waals surface area contributed by atoms with Gasteiger partial charge in [-0.05, 0) is 64.0 Å². The maximum atomic E-state index is 4.30. The van der Waals surface area contributed by atoms with Gasteiger partial charge >= 0.3 is 0 Å². The molecular weight excluding hydrogens is 228 g/mol. The van der Waals surface area contributed by atoms with Crippen molar-refractivity contribution < 1.29 is 0 Å². The summed E-state index contributed by atoms with van der Waals surface area (Å²) in [6, 6.07) is 0.810. The molecule has 1 heterocycles. The van der Waals surface area contributed by atoms with Crippen LogP contribution in [0.25, 0.3) is 0 Å². The zero-order chi connectivity index (χ0) is 12.7. The Labute approximate surface area is 113 Å². The van der Waals surface area contributed by atoms with Gasteiger partial charge in [-0.15, -0.1) is 0 Å². The fourth-order valence-corrected chi connectivity index (χ4v) is 3.22. The van der Waals surface area contributed by atoms with E-state index in [4.69, 9.17) is 0 Å². The third-order valence-corrected chi connectivity index (χ3v) is 4.31. The molecule has 0 aromatic heterocycles. The minimum absolute atomic E-state index is 0.810. The lowest BCUT2D eigenvalue weighted by Gasteiger charge is -2.28. The number of likely N-dealkylation sites (tertiary alicyclic amines) is 1. The van der Waals surface area contributed by atoms with Crippen molar-refractivity contribution in [1.29, 1.82) is 0 Å². The third-order valence-electron chi connectivity index (χ3n) is 4.05. The molecule has 0 bridgehead atoms. The van der Waals surface area contributed by atoms with Crippen LogP contribution in [0.2, 0.25) is 0 Å². The van der Waals surface area contributed by atoms with Crippen LogP contribution in [0.4, 0.5) is 0 Å². The van der Waals surface area contributed by atoms with Crippen LogP contribution in [0.1, 0.15) is 39.5 Å². The first-order chi connectivity index (χ1) is 8.17. The Morgan fingerprint density at radius 2 is 2.18 bits per heavy atom. The lowest BCUT2D eigenvalue weighted by molar-refractivity contribution is 0.192. The van der Waals surface area contributed by atoms with E-state index in [0.29, 0.717) is 0 Å². The molecule has 102 valence electrons. The lowest BCUT2D eigenvalue weighted by Crippen LogP contribution is -2.39. The molecular formula is C14H30N2S. The first-order valence-electron chi connectivity index (χ1n) is 7.20. The van der Waals surface area contributed by atoms with Gasteiger partial charge in [-0.25, -0.2) is 0 Å². The number of likely N-dealkylation sites (N-methyl/N-ethyl adjacent to an activating group) is 2. The first kappa shape index (κ1) is 15.3. The summed E-state index contributed by atoms with van der Waals surface area (Å²) < 4.78 is 0. The smallest absolute Gasteiger partial charge is 0.0223 e. The fourth-order valence-electron chi connectivity index (χ4n) is 2.77. The Morgan fingerprint density at radius 3 is 2.82 bits per heavy atom. The number of nitrogens with zero attached hydrogens (tertiary/aromatic N) is 2. The van der Waals surface area contributed by atoms with Crippen molar-refractivity contribution in [2.24, 2.45) is 5.92 Å². The Hall–Kier alpha value is 0.270. The molecule has 1 fully saturated rings. The normalized spacial score (nSPS) is 23.5. The van der Waals surface area contributed by atoms with Gasteiger partial charge in [0.25, 0.3) is 0 Å². The van der Waals surface area contributed by atoms with Crippen LogP contribution in [0.5, 0.6) is 0 Å². The summed E-state index contributed by atoms with van der Waals surface area (Å²) in [7, 11) is 2.28. The molecule has 17 heavy (non-hydrogen) atoms. The molecule has 1 rings (SSSR count). The second-order valence-corrected chi connectivity index (χ2v) is 6.04. The molecule has 1 aliphatic rings. The number of thiol groups is 1. The van der Waals surface area contributed by atoms with Crippen molar-refractivity contribution in [3.8, 4) is 0 Å². The molecule has 1 aliphatic heterocycles. The zero-order valence-electron chi connectivity index (χ0n) is 11.9. The van der Waals surface area contributed by atoms with Gasteiger partial charge in [0.15, 0.2) is 0 Å². The quantitative estimate of drug-likeness (QED) is 0.669. The summed E-state index contributed by atoms with van der Waals surface area (Å²) in [5.41, 5.74) is 0. The third kappa shape index (κ3) is 5.62. The molecule has 2 unspecified atom stereocenters. The van der Waals surface area contributed by atoms with Crippen molar-refractivity contribution in [1.82, 2.24) is 9.80 Å². The van der Waals surface area contributed by atoms with Gasteiger partial charge in [0.05, 0.1) is 0 Å². The molecule has 3 heteroatoms. The molecule has 0 N–H and O–H groups in total. The Morgan fingerprint density at radius 1 is 1.41 bits per heavy atom. The summed E-state index contributed by atoms with van der Waals surface area (Å²) in [5, 5.41) is 0. The number of rotatable bonds is 8. The van der Waals surface area contributed by atoms with Crippen molar-refractivity contribution in [3.63, 3.8) is 0 Å². The zero-order valence-corrected chi connectivity index (χ0v) is 12.8. The van der Waals surface area contributed by atoms with Crippen LogP contribution in [-0.2, 0) is 0 Å². The molecule has 0 aromatic rings. The SMILES string of the molecule is CCN1CCCC1CN(C)CCC(C)CCS. The van der Waals surface area contributed by atoms with Crippen LogP contribution in [0.3, 0.4) is 0 Å². The highest BCUT2D eigenvalue weighted by Crippen LogP contribution is 2.17. The average molecular weight is 258 g/mol. The highest BCUT2D eigenvalue weighted by molar-refractivity contribution is 7.80. The van der Waals surface area contributed by atoms with Gasteiger partial charge in [-0.3, -0.25) is 4.90 Å². The number of hydrogen-bond acceptors (Lipinski definition) is 3. The van der Waals surface area contributed by atoms with Crippen LogP contribution in [0.15, 0.2) is 0 Å². The van der Waals surface area contributed by atoms with E-state index < -0.39 is 0 Å². The van der Waals surface area contributed by atoms with E-state index in [0.717, 1.165) is 17.7 Å². The monoisotopic (exact) mass is 258 g/mol. The summed E-state index contributed by atoms with van der Waals surface area (Å²) in [4.78, 5) is 5.15. The van der Waals surface area contributed by atoms with E-state index in [-0.39, 0.29) is 0 Å². The fraction of sp³-hybridized carbons (Fsp3) is 1.00. The van der Waals surface area contributed by atoms with Crippen LogP contribution in [-0.4, -0.2) is 54.8 Å². The van der Waals surface area contributed by atoms with Gasteiger partial charge in [-0.1, -0.05) is 13.8 Å². The van der Waals surface area contributed by atoms with Gasteiger partial charge in [0, 0.05) is 12.6 Å². The summed E-state index contributed by atoms with van der Waals surface area (Å²) >= 11 is 4.30. The molecule has 0 amide bonds. The van der Waals surface area contributed by atoms with E-state index in [2.05, 4.69) is 43.3 Å². The molecule has 2 atom stereocenters.